The van der Waals surface area contributed by atoms with E-state index in [1.807, 2.05) is 0 Å². The lowest BCUT2D eigenvalue weighted by Gasteiger charge is -2.14. The summed E-state index contributed by atoms with van der Waals surface area (Å²) in [6, 6.07) is 7.31. The van der Waals surface area contributed by atoms with E-state index >= 15 is 4.39 Å². The molecule has 1 heterocycles. The third-order valence-corrected chi connectivity index (χ3v) is 3.79. The van der Waals surface area contributed by atoms with Gasteiger partial charge in [-0.2, -0.15) is 5.10 Å². The molecule has 1 aromatic heterocycles. The maximum atomic E-state index is 15.1. The van der Waals surface area contributed by atoms with Crippen LogP contribution in [-0.2, 0) is 11.8 Å². The van der Waals surface area contributed by atoms with Gasteiger partial charge >= 0.3 is 5.97 Å². The smallest absolute Gasteiger partial charge is 0.340 e. The first-order valence-corrected chi connectivity index (χ1v) is 7.19. The van der Waals surface area contributed by atoms with Crippen LogP contribution in [0.25, 0.3) is 10.9 Å². The number of fused-ring (bicyclic) bond motifs is 1. The second-order valence-electron chi connectivity index (χ2n) is 5.31. The number of esters is 1. The highest BCUT2D eigenvalue weighted by Crippen LogP contribution is 2.33. The number of para-hydroxylation sites is 1. The lowest BCUT2D eigenvalue weighted by Crippen LogP contribution is -2.09. The van der Waals surface area contributed by atoms with E-state index in [2.05, 4.69) is 10.4 Å². The van der Waals surface area contributed by atoms with Crippen LogP contribution in [0.3, 0.4) is 0 Å². The molecule has 0 saturated carbocycles. The molecule has 0 amide bonds. The number of benzene rings is 2. The molecule has 0 spiro atoms. The number of nitrogens with zero attached hydrogens (tertiary/aromatic N) is 2. The van der Waals surface area contributed by atoms with Crippen LogP contribution in [0.1, 0.15) is 16.1 Å². The minimum atomic E-state index is -0.724. The fourth-order valence-electron chi connectivity index (χ4n) is 2.65. The van der Waals surface area contributed by atoms with Gasteiger partial charge in [-0.1, -0.05) is 12.1 Å². The lowest BCUT2D eigenvalue weighted by atomic mass is 10.1. The summed E-state index contributed by atoms with van der Waals surface area (Å²) in [6.45, 7) is 1.72. The molecule has 0 saturated heterocycles. The summed E-state index contributed by atoms with van der Waals surface area (Å²) < 4.78 is 35.1. The molecule has 0 atom stereocenters. The normalized spacial score (nSPS) is 10.9. The first-order chi connectivity index (χ1) is 11.4. The van der Waals surface area contributed by atoms with E-state index in [4.69, 9.17) is 4.74 Å². The van der Waals surface area contributed by atoms with Gasteiger partial charge in [-0.3, -0.25) is 4.68 Å². The summed E-state index contributed by atoms with van der Waals surface area (Å²) in [7, 11) is 2.80. The van der Waals surface area contributed by atoms with Gasteiger partial charge in [-0.05, 0) is 25.1 Å². The molecule has 124 valence electrons. The molecule has 0 fully saturated rings. The largest absolute Gasteiger partial charge is 0.465 e. The number of hydrogen-bond donors (Lipinski definition) is 1. The summed E-state index contributed by atoms with van der Waals surface area (Å²) in [6.07, 6.45) is 0. The van der Waals surface area contributed by atoms with Crippen LogP contribution in [0.15, 0.2) is 30.3 Å². The molecule has 3 aromatic rings. The van der Waals surface area contributed by atoms with Crippen molar-refractivity contribution < 1.29 is 18.3 Å². The first kappa shape index (κ1) is 15.9. The van der Waals surface area contributed by atoms with Crippen molar-refractivity contribution in [3.05, 3.63) is 53.2 Å². The van der Waals surface area contributed by atoms with Crippen molar-refractivity contribution in [2.45, 2.75) is 6.92 Å². The van der Waals surface area contributed by atoms with Crippen molar-refractivity contribution in [3.63, 3.8) is 0 Å². The third-order valence-electron chi connectivity index (χ3n) is 3.79. The summed E-state index contributed by atoms with van der Waals surface area (Å²) in [5.74, 6) is -1.98. The van der Waals surface area contributed by atoms with Gasteiger partial charge < -0.3 is 10.1 Å². The van der Waals surface area contributed by atoms with Crippen molar-refractivity contribution in [3.8, 4) is 0 Å². The minimum Gasteiger partial charge on any atom is -0.465 e. The third kappa shape index (κ3) is 2.47. The Morgan fingerprint density at radius 2 is 2.00 bits per heavy atom. The van der Waals surface area contributed by atoms with Gasteiger partial charge in [-0.15, -0.1) is 0 Å². The predicted molar refractivity (Wildman–Crippen MR) is 86.4 cm³/mol. The average Bonchev–Trinajstić information content (AvgIpc) is 2.85. The fourth-order valence-corrected chi connectivity index (χ4v) is 2.65. The molecule has 3 rings (SSSR count). The van der Waals surface area contributed by atoms with Gasteiger partial charge in [0.1, 0.15) is 11.3 Å². The number of aromatic nitrogens is 2. The Labute approximate surface area is 136 Å². The Morgan fingerprint density at radius 3 is 2.67 bits per heavy atom. The van der Waals surface area contributed by atoms with Gasteiger partial charge in [0.2, 0.25) is 0 Å². The Bertz CT molecular complexity index is 951. The Morgan fingerprint density at radius 1 is 1.29 bits per heavy atom. The Balaban J connectivity index is 2.28. The van der Waals surface area contributed by atoms with Gasteiger partial charge in [0.25, 0.3) is 0 Å². The number of ether oxygens (including phenoxy) is 1. The van der Waals surface area contributed by atoms with Gasteiger partial charge in [0, 0.05) is 12.4 Å². The quantitative estimate of drug-likeness (QED) is 0.744. The summed E-state index contributed by atoms with van der Waals surface area (Å²) in [5.41, 5.74) is 0.678. The molecular weight excluding hydrogens is 316 g/mol. The van der Waals surface area contributed by atoms with E-state index in [9.17, 15) is 9.18 Å². The number of methoxy groups -OCH3 is 1. The number of nitrogens with one attached hydrogen (secondary N) is 1. The molecule has 0 aliphatic carbocycles. The van der Waals surface area contributed by atoms with Crippen molar-refractivity contribution in [1.29, 1.82) is 0 Å². The van der Waals surface area contributed by atoms with Crippen molar-refractivity contribution >= 4 is 28.2 Å². The molecule has 0 bridgehead atoms. The molecule has 0 unspecified atom stereocenters. The number of anilines is 2. The van der Waals surface area contributed by atoms with Crippen LogP contribution >= 0.6 is 0 Å². The SMILES string of the molecule is COC(=O)c1cc2c(C)nn(C)c2c(F)c1Nc1ccccc1F. The van der Waals surface area contributed by atoms with Crippen LogP contribution in [0.5, 0.6) is 0 Å². The number of carbonyl (C=O) groups is 1. The topological polar surface area (TPSA) is 56.1 Å². The zero-order valence-electron chi connectivity index (χ0n) is 13.4. The molecule has 0 aliphatic heterocycles. The molecule has 2 aromatic carbocycles. The molecule has 24 heavy (non-hydrogen) atoms. The second-order valence-corrected chi connectivity index (χ2v) is 5.31. The van der Waals surface area contributed by atoms with Gasteiger partial charge in [0.15, 0.2) is 5.82 Å². The van der Waals surface area contributed by atoms with E-state index in [0.29, 0.717) is 11.1 Å². The van der Waals surface area contributed by atoms with E-state index in [0.717, 1.165) is 0 Å². The van der Waals surface area contributed by atoms with E-state index in [1.165, 1.54) is 36.1 Å². The maximum Gasteiger partial charge on any atom is 0.340 e. The van der Waals surface area contributed by atoms with Crippen LogP contribution < -0.4 is 5.32 Å². The molecule has 5 nitrogen and oxygen atoms in total. The highest BCUT2D eigenvalue weighted by atomic mass is 19.1. The fraction of sp³-hybridized carbons (Fsp3) is 0.176. The standard InChI is InChI=1S/C17H15F2N3O2/c1-9-10-8-11(17(23)24-3)15(14(19)16(10)22(2)21-9)20-13-7-5-4-6-12(13)18/h4-8,20H,1-3H3. The summed E-state index contributed by atoms with van der Waals surface area (Å²) >= 11 is 0. The van der Waals surface area contributed by atoms with Gasteiger partial charge in [-0.25, -0.2) is 13.6 Å². The van der Waals surface area contributed by atoms with Crippen molar-refractivity contribution in [2.24, 2.45) is 7.05 Å². The second kappa shape index (κ2) is 5.92. The highest BCUT2D eigenvalue weighted by Gasteiger charge is 2.23. The zero-order chi connectivity index (χ0) is 17.4. The van der Waals surface area contributed by atoms with Gasteiger partial charge in [0.05, 0.1) is 29.7 Å². The average molecular weight is 331 g/mol. The van der Waals surface area contributed by atoms with Crippen LogP contribution in [-0.4, -0.2) is 22.9 Å². The van der Waals surface area contributed by atoms with Crippen molar-refractivity contribution in [1.82, 2.24) is 9.78 Å². The molecule has 1 N–H and O–H groups in total. The van der Waals surface area contributed by atoms with E-state index in [1.54, 1.807) is 20.0 Å². The van der Waals surface area contributed by atoms with Crippen molar-refractivity contribution in [2.75, 3.05) is 12.4 Å². The monoisotopic (exact) mass is 331 g/mol. The Kier molecular flexibility index (Phi) is 3.92. The zero-order valence-corrected chi connectivity index (χ0v) is 13.4. The highest BCUT2D eigenvalue weighted by molar-refractivity contribution is 6.02. The number of halogens is 2. The first-order valence-electron chi connectivity index (χ1n) is 7.19. The molecular formula is C17H15F2N3O2. The number of aryl methyl sites for hydroxylation is 2. The van der Waals surface area contributed by atoms with Crippen LogP contribution in [0.2, 0.25) is 0 Å². The van der Waals surface area contributed by atoms with E-state index in [-0.39, 0.29) is 22.5 Å². The number of rotatable bonds is 3. The number of hydrogen-bond acceptors (Lipinski definition) is 4. The Hall–Kier alpha value is -2.96. The predicted octanol–water partition coefficient (Wildman–Crippen LogP) is 3.69. The molecule has 0 radical (unpaired) electrons. The summed E-state index contributed by atoms with van der Waals surface area (Å²) in [4.78, 5) is 12.1. The van der Waals surface area contributed by atoms with Crippen LogP contribution in [0.4, 0.5) is 20.2 Å². The number of carbonyl (C=O) groups excluding carboxylic acids is 1. The molecule has 7 heteroatoms. The maximum absolute atomic E-state index is 15.1. The lowest BCUT2D eigenvalue weighted by molar-refractivity contribution is 0.0601. The minimum absolute atomic E-state index is 0.0261. The van der Waals surface area contributed by atoms with Crippen LogP contribution in [0, 0.1) is 18.6 Å². The van der Waals surface area contributed by atoms with E-state index < -0.39 is 17.6 Å². The summed E-state index contributed by atoms with van der Waals surface area (Å²) in [5, 5.41) is 7.32. The molecule has 0 aliphatic rings.